The van der Waals surface area contributed by atoms with Crippen LogP contribution in [-0.4, -0.2) is 19.0 Å². The van der Waals surface area contributed by atoms with Crippen molar-refractivity contribution in [3.05, 3.63) is 22.9 Å². The predicted octanol–water partition coefficient (Wildman–Crippen LogP) is 0.691. The van der Waals surface area contributed by atoms with Crippen molar-refractivity contribution in [3.63, 3.8) is 0 Å². The predicted molar refractivity (Wildman–Crippen MR) is 71.3 cm³/mol. The third-order valence-electron chi connectivity index (χ3n) is 3.71. The van der Waals surface area contributed by atoms with Crippen molar-refractivity contribution in [2.45, 2.75) is 26.7 Å². The highest BCUT2D eigenvalue weighted by Gasteiger charge is 2.30. The van der Waals surface area contributed by atoms with E-state index < -0.39 is 0 Å². The number of hydrogen-bond donors (Lipinski definition) is 1. The Bertz CT molecular complexity index is 539. The molecular weight excluding hydrogens is 240 g/mol. The monoisotopic (exact) mass is 259 g/mol. The van der Waals surface area contributed by atoms with E-state index in [2.05, 4.69) is 16.0 Å². The van der Waals surface area contributed by atoms with Crippen molar-refractivity contribution in [3.8, 4) is 6.07 Å². The van der Waals surface area contributed by atoms with Gasteiger partial charge in [0.05, 0.1) is 18.8 Å². The van der Waals surface area contributed by atoms with Crippen LogP contribution < -0.4 is 15.6 Å². The number of pyridine rings is 1. The summed E-state index contributed by atoms with van der Waals surface area (Å²) in [4.78, 5) is 16.6. The van der Waals surface area contributed by atoms with Crippen molar-refractivity contribution in [1.82, 2.24) is 0 Å². The standard InChI is InChI=1S/C14H18N4O/c1-9-7-10(2)17-14(12(9)8-15)18-5-3-11(4-6-18)13(16)19/h7,11H,3-6H2,1-2H3,(H2,16,19)/p+1. The lowest BCUT2D eigenvalue weighted by molar-refractivity contribution is -0.374. The minimum atomic E-state index is -0.218. The zero-order chi connectivity index (χ0) is 14.0. The van der Waals surface area contributed by atoms with Crippen molar-refractivity contribution < 1.29 is 9.78 Å². The third kappa shape index (κ3) is 2.68. The molecule has 19 heavy (non-hydrogen) atoms. The van der Waals surface area contributed by atoms with Gasteiger partial charge in [-0.2, -0.15) is 5.26 Å². The lowest BCUT2D eigenvalue weighted by Gasteiger charge is -2.26. The quantitative estimate of drug-likeness (QED) is 0.848. The molecule has 0 aliphatic carbocycles. The molecule has 5 heteroatoms. The Kier molecular flexibility index (Phi) is 3.70. The molecule has 1 fully saturated rings. The Morgan fingerprint density at radius 2 is 2.11 bits per heavy atom. The Labute approximate surface area is 113 Å². The van der Waals surface area contributed by atoms with Crippen LogP contribution in [0.25, 0.3) is 0 Å². The van der Waals surface area contributed by atoms with E-state index in [0.29, 0.717) is 5.56 Å². The van der Waals surface area contributed by atoms with Crippen LogP contribution in [-0.2, 0) is 4.79 Å². The number of rotatable bonds is 2. The van der Waals surface area contributed by atoms with E-state index in [1.807, 2.05) is 19.9 Å². The fraction of sp³-hybridized carbons (Fsp3) is 0.500. The van der Waals surface area contributed by atoms with Crippen molar-refractivity contribution in [1.29, 1.82) is 5.26 Å². The van der Waals surface area contributed by atoms with E-state index in [-0.39, 0.29) is 11.8 Å². The van der Waals surface area contributed by atoms with Crippen LogP contribution in [0.5, 0.6) is 0 Å². The summed E-state index contributed by atoms with van der Waals surface area (Å²) in [6.07, 6.45) is 1.50. The maximum atomic E-state index is 11.2. The lowest BCUT2D eigenvalue weighted by atomic mass is 9.96. The number of H-pyrrole nitrogens is 1. The molecule has 2 rings (SSSR count). The van der Waals surface area contributed by atoms with Crippen molar-refractivity contribution in [2.24, 2.45) is 11.7 Å². The molecular formula is C14H19N4O+. The van der Waals surface area contributed by atoms with Crippen molar-refractivity contribution >= 4 is 11.7 Å². The summed E-state index contributed by atoms with van der Waals surface area (Å²) in [5.41, 5.74) is 8.03. The van der Waals surface area contributed by atoms with Crippen molar-refractivity contribution in [2.75, 3.05) is 18.0 Å². The number of nitrogens with two attached hydrogens (primary N) is 1. The number of nitriles is 1. The number of aryl methyl sites for hydroxylation is 2. The molecule has 1 aromatic heterocycles. The first-order chi connectivity index (χ1) is 9.02. The first-order valence-corrected chi connectivity index (χ1v) is 6.50. The van der Waals surface area contributed by atoms with Crippen LogP contribution >= 0.6 is 0 Å². The Balaban J connectivity index is 2.25. The fourth-order valence-corrected chi connectivity index (χ4v) is 2.63. The summed E-state index contributed by atoms with van der Waals surface area (Å²) < 4.78 is 0. The van der Waals surface area contributed by atoms with E-state index in [0.717, 1.165) is 43.0 Å². The Morgan fingerprint density at radius 1 is 1.47 bits per heavy atom. The number of nitrogens with one attached hydrogen (secondary N) is 1. The molecule has 1 aromatic rings. The second-order valence-electron chi connectivity index (χ2n) is 5.13. The number of carbonyl (C=O) groups excluding carboxylic acids is 1. The molecule has 0 aromatic carbocycles. The normalized spacial score (nSPS) is 16.2. The van der Waals surface area contributed by atoms with Gasteiger partial charge in [-0.05, 0) is 38.3 Å². The van der Waals surface area contributed by atoms with Crippen LogP contribution in [0.1, 0.15) is 29.7 Å². The van der Waals surface area contributed by atoms with Gasteiger partial charge in [-0.15, -0.1) is 0 Å². The van der Waals surface area contributed by atoms with Gasteiger partial charge < -0.3 is 5.73 Å². The average molecular weight is 259 g/mol. The van der Waals surface area contributed by atoms with Gasteiger partial charge in [0.15, 0.2) is 0 Å². The number of aromatic nitrogens is 1. The number of piperidine rings is 1. The zero-order valence-corrected chi connectivity index (χ0v) is 11.4. The van der Waals surface area contributed by atoms with Crippen LogP contribution in [0.3, 0.4) is 0 Å². The van der Waals surface area contributed by atoms with Gasteiger partial charge in [-0.25, -0.2) is 4.98 Å². The number of aromatic amines is 1. The highest BCUT2D eigenvalue weighted by atomic mass is 16.1. The number of carbonyl (C=O) groups is 1. The number of primary amides is 1. The molecule has 0 spiro atoms. The average Bonchev–Trinajstić information content (AvgIpc) is 2.38. The summed E-state index contributed by atoms with van der Waals surface area (Å²) in [6.45, 7) is 5.43. The fourth-order valence-electron chi connectivity index (χ4n) is 2.63. The lowest BCUT2D eigenvalue weighted by Crippen LogP contribution is -2.41. The first-order valence-electron chi connectivity index (χ1n) is 6.50. The first kappa shape index (κ1) is 13.3. The van der Waals surface area contributed by atoms with E-state index in [9.17, 15) is 10.1 Å². The largest absolute Gasteiger partial charge is 0.369 e. The maximum absolute atomic E-state index is 11.2. The van der Waals surface area contributed by atoms with E-state index in [1.165, 1.54) is 0 Å². The molecule has 0 atom stereocenters. The molecule has 5 nitrogen and oxygen atoms in total. The van der Waals surface area contributed by atoms with Gasteiger partial charge in [-0.1, -0.05) is 0 Å². The highest BCUT2D eigenvalue weighted by molar-refractivity contribution is 5.77. The maximum Gasteiger partial charge on any atom is 0.292 e. The van der Waals surface area contributed by atoms with Gasteiger partial charge in [0.1, 0.15) is 11.6 Å². The molecule has 0 radical (unpaired) electrons. The molecule has 0 saturated carbocycles. The number of anilines is 1. The molecule has 100 valence electrons. The van der Waals surface area contributed by atoms with Gasteiger partial charge in [-0.3, -0.25) is 9.69 Å². The summed E-state index contributed by atoms with van der Waals surface area (Å²) in [5, 5.41) is 9.29. The van der Waals surface area contributed by atoms with Crippen LogP contribution in [0.15, 0.2) is 6.07 Å². The second kappa shape index (κ2) is 5.27. The molecule has 1 amide bonds. The molecule has 1 saturated heterocycles. The third-order valence-corrected chi connectivity index (χ3v) is 3.71. The van der Waals surface area contributed by atoms with Gasteiger partial charge in [0, 0.05) is 5.92 Å². The molecule has 2 heterocycles. The highest BCUT2D eigenvalue weighted by Crippen LogP contribution is 2.24. The minimum Gasteiger partial charge on any atom is -0.369 e. The van der Waals surface area contributed by atoms with Crippen LogP contribution in [0.2, 0.25) is 0 Å². The van der Waals surface area contributed by atoms with Gasteiger partial charge in [0.2, 0.25) is 5.91 Å². The number of amides is 1. The van der Waals surface area contributed by atoms with Gasteiger partial charge >= 0.3 is 0 Å². The molecule has 0 unspecified atom stereocenters. The second-order valence-corrected chi connectivity index (χ2v) is 5.13. The zero-order valence-electron chi connectivity index (χ0n) is 11.4. The number of nitrogens with zero attached hydrogens (tertiary/aromatic N) is 2. The number of hydrogen-bond acceptors (Lipinski definition) is 3. The Hall–Kier alpha value is -2.09. The molecule has 1 aliphatic heterocycles. The molecule has 1 aliphatic rings. The van der Waals surface area contributed by atoms with Crippen LogP contribution in [0.4, 0.5) is 5.82 Å². The SMILES string of the molecule is Cc1cc(C)c(C#N)c(N2CCC(C(N)=O)CC2)[nH+]1. The molecule has 3 N–H and O–H groups in total. The van der Waals surface area contributed by atoms with Gasteiger partial charge in [0.25, 0.3) is 5.82 Å². The van der Waals surface area contributed by atoms with E-state index in [1.54, 1.807) is 0 Å². The van der Waals surface area contributed by atoms with Crippen LogP contribution in [0, 0.1) is 31.1 Å². The summed E-state index contributed by atoms with van der Waals surface area (Å²) in [5.74, 6) is 0.611. The molecule has 0 bridgehead atoms. The van der Waals surface area contributed by atoms with E-state index in [4.69, 9.17) is 5.73 Å². The Morgan fingerprint density at radius 3 is 2.63 bits per heavy atom. The van der Waals surface area contributed by atoms with E-state index >= 15 is 0 Å². The topological polar surface area (TPSA) is 84.3 Å². The smallest absolute Gasteiger partial charge is 0.292 e. The summed E-state index contributed by atoms with van der Waals surface area (Å²) >= 11 is 0. The summed E-state index contributed by atoms with van der Waals surface area (Å²) in [7, 11) is 0. The summed E-state index contributed by atoms with van der Waals surface area (Å²) in [6, 6.07) is 4.23. The minimum absolute atomic E-state index is 0.0345.